The zero-order chi connectivity index (χ0) is 46.3. The third-order valence-corrected chi connectivity index (χ3v) is 12.3. The number of hydrogen-bond acceptors (Lipinski definition) is 5. The molecule has 0 aliphatic heterocycles. The summed E-state index contributed by atoms with van der Waals surface area (Å²) in [5, 5.41) is 0. The molecule has 0 aromatic carbocycles. The van der Waals surface area contributed by atoms with Crippen molar-refractivity contribution in [3.05, 3.63) is 48.6 Å². The first-order valence-electron chi connectivity index (χ1n) is 28.2. The number of carbonyl (C=O) groups excluding carboxylic acids is 2. The highest BCUT2D eigenvalue weighted by atomic mass is 16.6. The van der Waals surface area contributed by atoms with Crippen molar-refractivity contribution < 1.29 is 23.8 Å². The molecule has 64 heavy (non-hydrogen) atoms. The van der Waals surface area contributed by atoms with E-state index in [2.05, 4.69) is 69.4 Å². The Morgan fingerprint density at radius 1 is 0.344 bits per heavy atom. The molecule has 0 saturated carbocycles. The minimum atomic E-state index is -0.542. The van der Waals surface area contributed by atoms with Crippen LogP contribution in [0.3, 0.4) is 0 Å². The number of unbranched alkanes of at least 4 members (excludes halogenated alkanes) is 33. The predicted molar refractivity (Wildman–Crippen MR) is 279 cm³/mol. The smallest absolute Gasteiger partial charge is 0.306 e. The van der Waals surface area contributed by atoms with Gasteiger partial charge in [-0.25, -0.2) is 0 Å². The van der Waals surface area contributed by atoms with Gasteiger partial charge in [0, 0.05) is 19.4 Å². The molecular formula is C59H108O5. The van der Waals surface area contributed by atoms with Crippen LogP contribution >= 0.6 is 0 Å². The van der Waals surface area contributed by atoms with Gasteiger partial charge in [0.15, 0.2) is 6.10 Å². The molecule has 5 heteroatoms. The topological polar surface area (TPSA) is 61.8 Å². The number of rotatable bonds is 52. The van der Waals surface area contributed by atoms with E-state index in [4.69, 9.17) is 14.2 Å². The lowest BCUT2D eigenvalue weighted by molar-refractivity contribution is -0.163. The van der Waals surface area contributed by atoms with E-state index in [1.54, 1.807) is 0 Å². The quantitative estimate of drug-likeness (QED) is 0.0346. The fourth-order valence-electron chi connectivity index (χ4n) is 8.11. The molecule has 0 aliphatic rings. The second-order valence-corrected chi connectivity index (χ2v) is 18.8. The third kappa shape index (κ3) is 52.5. The summed E-state index contributed by atoms with van der Waals surface area (Å²) in [6.45, 7) is 7.76. The molecule has 0 amide bonds. The molecule has 0 fully saturated rings. The monoisotopic (exact) mass is 897 g/mol. The maximum absolute atomic E-state index is 12.8. The van der Waals surface area contributed by atoms with E-state index in [-0.39, 0.29) is 25.2 Å². The summed E-state index contributed by atoms with van der Waals surface area (Å²) < 4.78 is 17.5. The Morgan fingerprint density at radius 3 is 1.12 bits per heavy atom. The Kier molecular flexibility index (Phi) is 53.3. The van der Waals surface area contributed by atoms with Gasteiger partial charge in [-0.15, -0.1) is 0 Å². The largest absolute Gasteiger partial charge is 0.462 e. The van der Waals surface area contributed by atoms with Crippen LogP contribution < -0.4 is 0 Å². The normalized spacial score (nSPS) is 12.5. The maximum Gasteiger partial charge on any atom is 0.306 e. The SMILES string of the molecule is CCC/C=C\C/C=C\CCCCCCCC(=O)OC(COCCCCCCCCCCCC/C=C\C/C=C\CCCCC)COC(=O)CCCCCCCCCCCCCCCCC. The highest BCUT2D eigenvalue weighted by molar-refractivity contribution is 5.70. The molecule has 374 valence electrons. The lowest BCUT2D eigenvalue weighted by Gasteiger charge is -2.18. The fraction of sp³-hybridized carbons (Fsp3) is 0.831. The Bertz CT molecular complexity index is 1060. The number of ether oxygens (including phenoxy) is 3. The second-order valence-electron chi connectivity index (χ2n) is 18.8. The van der Waals surface area contributed by atoms with Gasteiger partial charge in [-0.3, -0.25) is 9.59 Å². The molecule has 0 N–H and O–H groups in total. The summed E-state index contributed by atoms with van der Waals surface area (Å²) in [6.07, 6.45) is 68.4. The van der Waals surface area contributed by atoms with E-state index in [9.17, 15) is 9.59 Å². The van der Waals surface area contributed by atoms with Crippen molar-refractivity contribution >= 4 is 11.9 Å². The van der Waals surface area contributed by atoms with Crippen molar-refractivity contribution in [1.29, 1.82) is 0 Å². The Balaban J connectivity index is 4.22. The van der Waals surface area contributed by atoms with Gasteiger partial charge in [-0.05, 0) is 77.0 Å². The fourth-order valence-corrected chi connectivity index (χ4v) is 8.11. The van der Waals surface area contributed by atoms with Crippen LogP contribution in [0.15, 0.2) is 48.6 Å². The number of allylic oxidation sites excluding steroid dienone is 8. The highest BCUT2D eigenvalue weighted by Crippen LogP contribution is 2.16. The number of hydrogen-bond donors (Lipinski definition) is 0. The third-order valence-electron chi connectivity index (χ3n) is 12.3. The first-order valence-corrected chi connectivity index (χ1v) is 28.2. The van der Waals surface area contributed by atoms with Gasteiger partial charge in [0.1, 0.15) is 6.61 Å². The summed E-state index contributed by atoms with van der Waals surface area (Å²) >= 11 is 0. The van der Waals surface area contributed by atoms with Gasteiger partial charge in [-0.1, -0.05) is 249 Å². The summed E-state index contributed by atoms with van der Waals surface area (Å²) in [5.74, 6) is -0.401. The zero-order valence-corrected chi connectivity index (χ0v) is 43.1. The van der Waals surface area contributed by atoms with Crippen LogP contribution in [0, 0.1) is 0 Å². The van der Waals surface area contributed by atoms with Gasteiger partial charge < -0.3 is 14.2 Å². The van der Waals surface area contributed by atoms with Gasteiger partial charge in [0.2, 0.25) is 0 Å². The summed E-state index contributed by atoms with van der Waals surface area (Å²) in [6, 6.07) is 0. The summed E-state index contributed by atoms with van der Waals surface area (Å²) in [7, 11) is 0. The van der Waals surface area contributed by atoms with Crippen LogP contribution in [0.2, 0.25) is 0 Å². The maximum atomic E-state index is 12.8. The van der Waals surface area contributed by atoms with E-state index >= 15 is 0 Å². The van der Waals surface area contributed by atoms with E-state index in [1.165, 1.54) is 193 Å². The Morgan fingerprint density at radius 2 is 0.688 bits per heavy atom. The molecule has 1 atom stereocenters. The highest BCUT2D eigenvalue weighted by Gasteiger charge is 2.17. The average molecular weight is 898 g/mol. The first-order chi connectivity index (χ1) is 31.6. The van der Waals surface area contributed by atoms with E-state index in [0.717, 1.165) is 64.2 Å². The Hall–Kier alpha value is -2.14. The van der Waals surface area contributed by atoms with Crippen molar-refractivity contribution in [2.24, 2.45) is 0 Å². The average Bonchev–Trinajstić information content (AvgIpc) is 3.30. The molecule has 0 saturated heterocycles. The van der Waals surface area contributed by atoms with Crippen LogP contribution in [-0.2, 0) is 23.8 Å². The van der Waals surface area contributed by atoms with Crippen LogP contribution in [0.4, 0.5) is 0 Å². The predicted octanol–water partition coefficient (Wildman–Crippen LogP) is 19.1. The summed E-state index contributed by atoms with van der Waals surface area (Å²) in [4.78, 5) is 25.4. The lowest BCUT2D eigenvalue weighted by atomic mass is 10.0. The molecule has 0 aromatic rings. The van der Waals surface area contributed by atoms with Gasteiger partial charge in [-0.2, -0.15) is 0 Å². The number of carbonyl (C=O) groups is 2. The van der Waals surface area contributed by atoms with Crippen LogP contribution in [-0.4, -0.2) is 37.9 Å². The first kappa shape index (κ1) is 61.9. The molecule has 0 bridgehead atoms. The van der Waals surface area contributed by atoms with Crippen LogP contribution in [0.5, 0.6) is 0 Å². The van der Waals surface area contributed by atoms with Crippen molar-refractivity contribution in [3.8, 4) is 0 Å². The molecule has 0 rings (SSSR count). The minimum absolute atomic E-state index is 0.0821. The molecule has 0 heterocycles. The Labute approximate surface area is 399 Å². The van der Waals surface area contributed by atoms with Crippen molar-refractivity contribution in [2.45, 2.75) is 297 Å². The van der Waals surface area contributed by atoms with E-state index in [1.807, 2.05) is 0 Å². The number of esters is 2. The summed E-state index contributed by atoms with van der Waals surface area (Å²) in [5.41, 5.74) is 0. The van der Waals surface area contributed by atoms with Crippen molar-refractivity contribution in [3.63, 3.8) is 0 Å². The van der Waals surface area contributed by atoms with E-state index < -0.39 is 6.10 Å². The molecule has 0 aromatic heterocycles. The van der Waals surface area contributed by atoms with E-state index in [0.29, 0.717) is 19.4 Å². The molecule has 5 nitrogen and oxygen atoms in total. The van der Waals surface area contributed by atoms with Gasteiger partial charge in [0.05, 0.1) is 6.61 Å². The zero-order valence-electron chi connectivity index (χ0n) is 43.1. The molecule has 0 spiro atoms. The van der Waals surface area contributed by atoms with Gasteiger partial charge >= 0.3 is 11.9 Å². The van der Waals surface area contributed by atoms with Crippen molar-refractivity contribution in [1.82, 2.24) is 0 Å². The van der Waals surface area contributed by atoms with Gasteiger partial charge in [0.25, 0.3) is 0 Å². The van der Waals surface area contributed by atoms with Crippen molar-refractivity contribution in [2.75, 3.05) is 19.8 Å². The molecule has 0 aliphatic carbocycles. The second kappa shape index (κ2) is 55.2. The molecule has 1 unspecified atom stereocenters. The molecule has 0 radical (unpaired) electrons. The van der Waals surface area contributed by atoms with Crippen LogP contribution in [0.1, 0.15) is 290 Å². The lowest BCUT2D eigenvalue weighted by Crippen LogP contribution is -2.30. The standard InChI is InChI=1S/C59H108O5/c1-4-7-10-13-16-19-22-25-27-28-29-30-31-33-36-39-42-45-48-51-54-62-55-57(64-59(61)53-50-47-44-41-38-34-24-21-18-15-12-9-6-3)56-63-58(60)52-49-46-43-40-37-35-32-26-23-20-17-14-11-8-5-2/h12,15-16,19,21,24-25,27,57H,4-11,13-14,17-18,20,22-23,26,28-56H2,1-3H3/b15-12-,19-16-,24-21-,27-25-. The molecular weight excluding hydrogens is 789 g/mol. The van der Waals surface area contributed by atoms with Crippen LogP contribution in [0.25, 0.3) is 0 Å². The minimum Gasteiger partial charge on any atom is -0.462 e.